The van der Waals surface area contributed by atoms with Crippen molar-refractivity contribution in [3.63, 3.8) is 0 Å². The van der Waals surface area contributed by atoms with E-state index in [0.29, 0.717) is 81.8 Å². The van der Waals surface area contributed by atoms with E-state index >= 15 is 0 Å². The number of esters is 1. The molecule has 15 heteroatoms. The van der Waals surface area contributed by atoms with E-state index in [0.717, 1.165) is 44.9 Å². The molecule has 15 nitrogen and oxygen atoms in total. The van der Waals surface area contributed by atoms with Crippen LogP contribution in [0.3, 0.4) is 0 Å². The number of likely N-dealkylation sites (tertiary alicyclic amines) is 1. The number of nitrogens with two attached hydrogens (primary N) is 3. The molecule has 5 rings (SSSR count). The average Bonchev–Trinajstić information content (AvgIpc) is 3.72. The van der Waals surface area contributed by atoms with Gasteiger partial charge in [-0.05, 0) is 131 Å². The zero-order valence-electron chi connectivity index (χ0n) is 32.1. The van der Waals surface area contributed by atoms with Crippen LogP contribution in [0, 0.1) is 45.3 Å². The second-order valence-electron chi connectivity index (χ2n) is 17.2. The molecule has 1 heterocycles. The third kappa shape index (κ3) is 9.20. The van der Waals surface area contributed by atoms with Crippen LogP contribution in [0.1, 0.15) is 117 Å². The first kappa shape index (κ1) is 40.6. The molecule has 11 atom stereocenters. The summed E-state index contributed by atoms with van der Waals surface area (Å²) in [6.45, 7) is 7.59. The van der Waals surface area contributed by atoms with Gasteiger partial charge >= 0.3 is 5.97 Å². The number of guanidine groups is 2. The van der Waals surface area contributed by atoms with Gasteiger partial charge in [0.05, 0.1) is 6.04 Å². The van der Waals surface area contributed by atoms with Crippen LogP contribution in [-0.2, 0) is 23.9 Å². The highest BCUT2D eigenvalue weighted by Crippen LogP contribution is 2.66. The van der Waals surface area contributed by atoms with Gasteiger partial charge in [-0.1, -0.05) is 13.8 Å². The van der Waals surface area contributed by atoms with Gasteiger partial charge in [-0.25, -0.2) is 0 Å². The van der Waals surface area contributed by atoms with Crippen LogP contribution >= 0.6 is 0 Å². The summed E-state index contributed by atoms with van der Waals surface area (Å²) in [6.07, 6.45) is 12.6. The quantitative estimate of drug-likeness (QED) is 0.0540. The molecule has 4 aliphatic carbocycles. The van der Waals surface area contributed by atoms with E-state index in [1.165, 1.54) is 19.8 Å². The van der Waals surface area contributed by atoms with E-state index in [9.17, 15) is 19.2 Å². The first-order chi connectivity index (χ1) is 25.1. The fraction of sp³-hybridized carbons (Fsp3) is 0.842. The van der Waals surface area contributed by atoms with Gasteiger partial charge in [-0.3, -0.25) is 30.0 Å². The number of carbonyl (C=O) groups is 4. The Hall–Kier alpha value is -3.62. The summed E-state index contributed by atoms with van der Waals surface area (Å²) in [4.78, 5) is 54.7. The molecule has 1 aliphatic heterocycles. The molecule has 0 aromatic heterocycles. The van der Waals surface area contributed by atoms with Gasteiger partial charge in [-0.2, -0.15) is 0 Å². The smallest absolute Gasteiger partial charge is 0.302 e. The van der Waals surface area contributed by atoms with Crippen LogP contribution in [0.15, 0.2) is 0 Å². The predicted molar refractivity (Wildman–Crippen MR) is 202 cm³/mol. The number of fused-ring (bicyclic) bond motifs is 5. The number of rotatable bonds is 14. The van der Waals surface area contributed by atoms with E-state index in [2.05, 4.69) is 35.1 Å². The maximum absolute atomic E-state index is 14.1. The van der Waals surface area contributed by atoms with Crippen molar-refractivity contribution in [1.29, 1.82) is 10.8 Å². The van der Waals surface area contributed by atoms with E-state index in [4.69, 9.17) is 32.8 Å². The molecule has 0 spiro atoms. The monoisotopic (exact) mass is 743 g/mol. The van der Waals surface area contributed by atoms with E-state index in [-0.39, 0.29) is 52.7 Å². The first-order valence-electron chi connectivity index (χ1n) is 20.1. The summed E-state index contributed by atoms with van der Waals surface area (Å²) in [5, 5.41) is 26.5. The summed E-state index contributed by atoms with van der Waals surface area (Å²) in [6, 6.07) is -2.29. The molecule has 53 heavy (non-hydrogen) atoms. The van der Waals surface area contributed by atoms with Crippen molar-refractivity contribution in [1.82, 2.24) is 26.2 Å². The number of nitrogens with zero attached hydrogens (tertiary/aromatic N) is 1. The fourth-order valence-electron chi connectivity index (χ4n) is 11.3. The summed E-state index contributed by atoms with van der Waals surface area (Å²) in [5.74, 6) is 1.05. The molecular weight excluding hydrogens is 676 g/mol. The lowest BCUT2D eigenvalue weighted by Crippen LogP contribution is -2.59. The highest BCUT2D eigenvalue weighted by molar-refractivity contribution is 5.93. The van der Waals surface area contributed by atoms with Crippen molar-refractivity contribution in [3.05, 3.63) is 0 Å². The topological polar surface area (TPSA) is 255 Å². The average molecular weight is 743 g/mol. The molecule has 298 valence electrons. The van der Waals surface area contributed by atoms with Gasteiger partial charge in [0.1, 0.15) is 18.2 Å². The fourth-order valence-corrected chi connectivity index (χ4v) is 11.3. The van der Waals surface area contributed by atoms with Crippen LogP contribution in [0.4, 0.5) is 0 Å². The van der Waals surface area contributed by atoms with E-state index in [1.54, 1.807) is 4.90 Å². The van der Waals surface area contributed by atoms with Gasteiger partial charge in [0, 0.05) is 32.6 Å². The van der Waals surface area contributed by atoms with E-state index in [1.807, 2.05) is 0 Å². The van der Waals surface area contributed by atoms with Crippen molar-refractivity contribution in [2.24, 2.45) is 51.7 Å². The maximum Gasteiger partial charge on any atom is 0.302 e. The third-order valence-corrected chi connectivity index (χ3v) is 14.0. The molecule has 4 saturated carbocycles. The molecule has 0 aromatic rings. The zero-order chi connectivity index (χ0) is 38.5. The van der Waals surface area contributed by atoms with Crippen LogP contribution < -0.4 is 38.5 Å². The molecule has 0 unspecified atom stereocenters. The summed E-state index contributed by atoms with van der Waals surface area (Å²) in [7, 11) is 0. The Labute approximate surface area is 314 Å². The van der Waals surface area contributed by atoms with E-state index < -0.39 is 24.0 Å². The van der Waals surface area contributed by atoms with Crippen LogP contribution in [0.25, 0.3) is 0 Å². The lowest BCUT2D eigenvalue weighted by atomic mass is 9.45. The highest BCUT2D eigenvalue weighted by atomic mass is 16.5. The van der Waals surface area contributed by atoms with Crippen LogP contribution in [-0.4, -0.2) is 90.4 Å². The zero-order valence-corrected chi connectivity index (χ0v) is 32.1. The molecule has 5 fully saturated rings. The second-order valence-corrected chi connectivity index (χ2v) is 17.2. The number of hydrogen-bond donors (Lipinski definition) is 9. The molecule has 1 saturated heterocycles. The first-order valence-corrected chi connectivity index (χ1v) is 20.1. The van der Waals surface area contributed by atoms with Crippen LogP contribution in [0.5, 0.6) is 0 Å². The van der Waals surface area contributed by atoms with Gasteiger partial charge in [0.25, 0.3) is 0 Å². The van der Waals surface area contributed by atoms with Crippen molar-refractivity contribution < 1.29 is 23.9 Å². The Kier molecular flexibility index (Phi) is 13.2. The molecule has 3 amide bonds. The highest BCUT2D eigenvalue weighted by Gasteiger charge is 2.60. The van der Waals surface area contributed by atoms with Crippen molar-refractivity contribution >= 4 is 35.6 Å². The summed E-state index contributed by atoms with van der Waals surface area (Å²) < 4.78 is 5.66. The van der Waals surface area contributed by atoms with Crippen molar-refractivity contribution in [3.8, 4) is 0 Å². The molecule has 5 aliphatic rings. The molecule has 0 bridgehead atoms. The Morgan fingerprint density at radius 2 is 1.53 bits per heavy atom. The molecule has 0 aromatic carbocycles. The largest absolute Gasteiger partial charge is 0.463 e. The van der Waals surface area contributed by atoms with Gasteiger partial charge in [0.2, 0.25) is 17.7 Å². The van der Waals surface area contributed by atoms with Gasteiger partial charge < -0.3 is 48.1 Å². The number of amides is 3. The Morgan fingerprint density at radius 1 is 0.868 bits per heavy atom. The Morgan fingerprint density at radius 3 is 2.21 bits per heavy atom. The molecule has 0 radical (unpaired) electrons. The molecular formula is C38H66N10O5. The third-order valence-electron chi connectivity index (χ3n) is 14.0. The normalized spacial score (nSPS) is 34.3. The van der Waals surface area contributed by atoms with Crippen molar-refractivity contribution in [2.75, 3.05) is 19.6 Å². The number of ether oxygens (including phenoxy) is 1. The molecule has 12 N–H and O–H groups in total. The summed E-state index contributed by atoms with van der Waals surface area (Å²) in [5.41, 5.74) is 17.2. The lowest BCUT2D eigenvalue weighted by molar-refractivity contribution is -0.159. The number of nitrogens with one attached hydrogen (secondary N) is 6. The minimum atomic E-state index is -0.879. The van der Waals surface area contributed by atoms with Gasteiger partial charge in [-0.15, -0.1) is 0 Å². The minimum absolute atomic E-state index is 0.00128. The summed E-state index contributed by atoms with van der Waals surface area (Å²) >= 11 is 0. The SMILES string of the molecule is CC(=O)O[C@H]1CC[C@@]2(C)[C@@H](CC[C@@H]3[C@@H]2CC[C@]2(C)[C@@H](NC(=O)[C@@H]4CCCN4C(=O)[C@H](CCCNC(=N)N)NC(=O)[C@@H](N)CCCNC(=N)N)CC[C@@H]32)C1. The Balaban J connectivity index is 1.20. The minimum Gasteiger partial charge on any atom is -0.463 e. The van der Waals surface area contributed by atoms with Crippen LogP contribution in [0.2, 0.25) is 0 Å². The number of carbonyl (C=O) groups excluding carboxylic acids is 4. The standard InChI is InChI=1S/C38H66N10O5/c1-22(49)53-24-14-16-37(2)23(21-24)10-11-25-26-12-13-31(38(26,3)17-15-27(25)37)47-33(51)30-9-6-20-48(30)34(52)29(8-5-19-45-36(42)43)46-32(50)28(39)7-4-18-44-35(40)41/h23-31H,4-21,39H2,1-3H3,(H,46,50)(H,47,51)(H4,40,41,44)(H4,42,43,45)/t23-,24-,25-,26-,27-,28-,29-,30-,31-,37-,38-/m0/s1. The van der Waals surface area contributed by atoms with Crippen molar-refractivity contribution in [2.45, 2.75) is 147 Å². The predicted octanol–water partition coefficient (Wildman–Crippen LogP) is 1.78. The second kappa shape index (κ2) is 17.2. The maximum atomic E-state index is 14.1. The number of hydrogen-bond acceptors (Lipinski definition) is 8. The lowest BCUT2D eigenvalue weighted by Gasteiger charge is -2.61. The van der Waals surface area contributed by atoms with Gasteiger partial charge in [0.15, 0.2) is 11.9 Å². The Bertz CT molecular complexity index is 1380.